The van der Waals surface area contributed by atoms with Crippen LogP contribution in [-0.2, 0) is 29.0 Å². The number of nitrogens with one attached hydrogen (secondary N) is 1. The molecule has 2 aliphatic rings. The number of amides is 4. The van der Waals surface area contributed by atoms with Crippen LogP contribution in [0.4, 0.5) is 4.79 Å². The zero-order chi connectivity index (χ0) is 20.2. The first-order valence-corrected chi connectivity index (χ1v) is 10.1. The molecule has 4 rings (SSSR count). The molecule has 1 saturated heterocycles. The van der Waals surface area contributed by atoms with Crippen molar-refractivity contribution in [2.24, 2.45) is 0 Å². The van der Waals surface area contributed by atoms with Gasteiger partial charge < -0.3 is 10.2 Å². The van der Waals surface area contributed by atoms with Crippen LogP contribution in [0.5, 0.6) is 0 Å². The third-order valence-corrected chi connectivity index (χ3v) is 5.70. The van der Waals surface area contributed by atoms with Crippen LogP contribution in [-0.4, -0.2) is 46.8 Å². The van der Waals surface area contributed by atoms with Crippen molar-refractivity contribution in [1.29, 1.82) is 0 Å². The fourth-order valence-electron chi connectivity index (χ4n) is 4.00. The molecule has 1 fully saturated rings. The third-order valence-electron chi connectivity index (χ3n) is 5.70. The Labute approximate surface area is 170 Å². The lowest BCUT2D eigenvalue weighted by atomic mass is 9.99. The van der Waals surface area contributed by atoms with Crippen molar-refractivity contribution >= 4 is 17.8 Å². The molecule has 0 radical (unpaired) electrons. The van der Waals surface area contributed by atoms with Crippen LogP contribution >= 0.6 is 0 Å². The highest BCUT2D eigenvalue weighted by Crippen LogP contribution is 2.20. The molecule has 2 aromatic rings. The summed E-state index contributed by atoms with van der Waals surface area (Å²) in [5.74, 6) is -0.202. The van der Waals surface area contributed by atoms with Crippen LogP contribution in [0.3, 0.4) is 0 Å². The van der Waals surface area contributed by atoms with Crippen LogP contribution < -0.4 is 5.32 Å². The van der Waals surface area contributed by atoms with E-state index in [1.165, 1.54) is 16.0 Å². The monoisotopic (exact) mass is 391 g/mol. The standard InChI is InChI=1S/C23H25N3O3/c27-21(25-14-13-18-8-4-5-9-19(18)16-25)11-10-20-22(28)26(23(29)24-20)15-12-17-6-2-1-3-7-17/h1-9,20H,10-16H2,(H,24,29)/t20-/m1/s1. The summed E-state index contributed by atoms with van der Waals surface area (Å²) >= 11 is 0. The van der Waals surface area contributed by atoms with E-state index in [4.69, 9.17) is 0 Å². The predicted octanol–water partition coefficient (Wildman–Crippen LogP) is 2.51. The minimum atomic E-state index is -0.612. The summed E-state index contributed by atoms with van der Waals surface area (Å²) < 4.78 is 0. The SMILES string of the molecule is O=C(CC[C@H]1NC(=O)N(CCc2ccccc2)C1=O)N1CCc2ccccc2C1. The number of carbonyl (C=O) groups is 3. The van der Waals surface area contributed by atoms with E-state index in [1.54, 1.807) is 0 Å². The summed E-state index contributed by atoms with van der Waals surface area (Å²) in [6.07, 6.45) is 2.07. The van der Waals surface area contributed by atoms with E-state index in [-0.39, 0.29) is 24.3 Å². The number of benzene rings is 2. The highest BCUT2D eigenvalue weighted by molar-refractivity contribution is 6.04. The Morgan fingerprint density at radius 3 is 2.52 bits per heavy atom. The summed E-state index contributed by atoms with van der Waals surface area (Å²) in [7, 11) is 0. The summed E-state index contributed by atoms with van der Waals surface area (Å²) in [5, 5.41) is 2.73. The topological polar surface area (TPSA) is 69.7 Å². The van der Waals surface area contributed by atoms with Crippen molar-refractivity contribution in [3.63, 3.8) is 0 Å². The molecule has 2 aromatic carbocycles. The molecule has 0 bridgehead atoms. The number of rotatable bonds is 6. The first kappa shape index (κ1) is 19.2. The molecule has 1 atom stereocenters. The second-order valence-electron chi connectivity index (χ2n) is 7.60. The Kier molecular flexibility index (Phi) is 5.60. The van der Waals surface area contributed by atoms with E-state index in [0.29, 0.717) is 32.5 Å². The molecule has 2 heterocycles. The molecule has 4 amide bonds. The molecule has 0 spiro atoms. The number of hydrogen-bond donors (Lipinski definition) is 1. The van der Waals surface area contributed by atoms with Crippen LogP contribution in [0.15, 0.2) is 54.6 Å². The van der Waals surface area contributed by atoms with Gasteiger partial charge in [-0.1, -0.05) is 54.6 Å². The van der Waals surface area contributed by atoms with Gasteiger partial charge >= 0.3 is 6.03 Å². The van der Waals surface area contributed by atoms with E-state index >= 15 is 0 Å². The molecular weight excluding hydrogens is 366 g/mol. The Balaban J connectivity index is 1.28. The van der Waals surface area contributed by atoms with Crippen molar-refractivity contribution in [1.82, 2.24) is 15.1 Å². The van der Waals surface area contributed by atoms with E-state index in [2.05, 4.69) is 17.4 Å². The highest BCUT2D eigenvalue weighted by Gasteiger charge is 2.37. The summed E-state index contributed by atoms with van der Waals surface area (Å²) in [5.41, 5.74) is 3.56. The summed E-state index contributed by atoms with van der Waals surface area (Å²) in [4.78, 5) is 40.5. The van der Waals surface area contributed by atoms with Gasteiger partial charge in [0.05, 0.1) is 0 Å². The fourth-order valence-corrected chi connectivity index (χ4v) is 4.00. The van der Waals surface area contributed by atoms with E-state index in [1.807, 2.05) is 47.4 Å². The molecule has 1 N–H and O–H groups in total. The maximum atomic E-state index is 12.6. The quantitative estimate of drug-likeness (QED) is 0.770. The predicted molar refractivity (Wildman–Crippen MR) is 109 cm³/mol. The minimum Gasteiger partial charge on any atom is -0.338 e. The summed E-state index contributed by atoms with van der Waals surface area (Å²) in [6.45, 7) is 1.66. The second-order valence-corrected chi connectivity index (χ2v) is 7.60. The van der Waals surface area contributed by atoms with Gasteiger partial charge in [-0.25, -0.2) is 4.79 Å². The Bertz CT molecular complexity index is 913. The molecule has 6 heteroatoms. The number of nitrogens with zero attached hydrogens (tertiary/aromatic N) is 2. The third kappa shape index (κ3) is 4.31. The number of carbonyl (C=O) groups excluding carboxylic acids is 3. The van der Waals surface area contributed by atoms with Gasteiger partial charge in [-0.2, -0.15) is 0 Å². The Hall–Kier alpha value is -3.15. The van der Waals surface area contributed by atoms with Crippen LogP contribution in [0, 0.1) is 0 Å². The molecule has 0 saturated carbocycles. The van der Waals surface area contributed by atoms with Gasteiger partial charge in [0.15, 0.2) is 0 Å². The van der Waals surface area contributed by atoms with Crippen LogP contribution in [0.2, 0.25) is 0 Å². The Morgan fingerprint density at radius 1 is 1.00 bits per heavy atom. The molecule has 2 aliphatic heterocycles. The van der Waals surface area contributed by atoms with Gasteiger partial charge in [-0.05, 0) is 36.0 Å². The fraction of sp³-hybridized carbons (Fsp3) is 0.348. The number of hydrogen-bond acceptors (Lipinski definition) is 3. The molecule has 0 aromatic heterocycles. The lowest BCUT2D eigenvalue weighted by Gasteiger charge is -2.29. The molecule has 6 nitrogen and oxygen atoms in total. The minimum absolute atomic E-state index is 0.0317. The molecule has 29 heavy (non-hydrogen) atoms. The molecule has 150 valence electrons. The lowest BCUT2D eigenvalue weighted by Crippen LogP contribution is -2.37. The zero-order valence-electron chi connectivity index (χ0n) is 16.3. The average molecular weight is 391 g/mol. The van der Waals surface area contributed by atoms with Crippen LogP contribution in [0.25, 0.3) is 0 Å². The van der Waals surface area contributed by atoms with Crippen molar-refractivity contribution in [3.8, 4) is 0 Å². The van der Waals surface area contributed by atoms with Crippen LogP contribution in [0.1, 0.15) is 29.5 Å². The van der Waals surface area contributed by atoms with Gasteiger partial charge in [0.1, 0.15) is 6.04 Å². The van der Waals surface area contributed by atoms with Gasteiger partial charge in [-0.15, -0.1) is 0 Å². The highest BCUT2D eigenvalue weighted by atomic mass is 16.2. The number of fused-ring (bicyclic) bond motifs is 1. The van der Waals surface area contributed by atoms with E-state index in [9.17, 15) is 14.4 Å². The first-order chi connectivity index (χ1) is 14.1. The molecule has 0 aliphatic carbocycles. The van der Waals surface area contributed by atoms with E-state index in [0.717, 1.165) is 12.0 Å². The van der Waals surface area contributed by atoms with Crippen molar-refractivity contribution in [2.45, 2.75) is 38.3 Å². The maximum absolute atomic E-state index is 12.6. The first-order valence-electron chi connectivity index (χ1n) is 10.1. The van der Waals surface area contributed by atoms with E-state index < -0.39 is 6.04 Å². The van der Waals surface area contributed by atoms with Gasteiger partial charge in [0.25, 0.3) is 5.91 Å². The van der Waals surface area contributed by atoms with Crippen molar-refractivity contribution < 1.29 is 14.4 Å². The van der Waals surface area contributed by atoms with Crippen molar-refractivity contribution in [3.05, 3.63) is 71.3 Å². The largest absolute Gasteiger partial charge is 0.338 e. The van der Waals surface area contributed by atoms with Gasteiger partial charge in [-0.3, -0.25) is 14.5 Å². The molecule has 0 unspecified atom stereocenters. The smallest absolute Gasteiger partial charge is 0.324 e. The molecular formula is C23H25N3O3. The summed E-state index contributed by atoms with van der Waals surface area (Å²) in [6, 6.07) is 17.0. The average Bonchev–Trinajstić information content (AvgIpc) is 3.03. The van der Waals surface area contributed by atoms with Crippen molar-refractivity contribution in [2.75, 3.05) is 13.1 Å². The van der Waals surface area contributed by atoms with Gasteiger partial charge in [0.2, 0.25) is 5.91 Å². The number of imide groups is 1. The zero-order valence-corrected chi connectivity index (χ0v) is 16.3. The maximum Gasteiger partial charge on any atom is 0.324 e. The Morgan fingerprint density at radius 2 is 1.72 bits per heavy atom. The van der Waals surface area contributed by atoms with Gasteiger partial charge in [0, 0.05) is 26.1 Å². The number of urea groups is 1. The normalized spacial score (nSPS) is 18.6. The second kappa shape index (κ2) is 8.47. The lowest BCUT2D eigenvalue weighted by molar-refractivity contribution is -0.132.